The fourth-order valence-corrected chi connectivity index (χ4v) is 3.17. The first-order chi connectivity index (χ1) is 14.5. The quantitative estimate of drug-likeness (QED) is 0.308. The lowest BCUT2D eigenvalue weighted by Crippen LogP contribution is -2.05. The van der Waals surface area contributed by atoms with Crippen LogP contribution in [-0.4, -0.2) is 25.6 Å². The van der Waals surface area contributed by atoms with Gasteiger partial charge in [0.2, 0.25) is 5.90 Å². The van der Waals surface area contributed by atoms with E-state index < -0.39 is 5.97 Å². The van der Waals surface area contributed by atoms with Gasteiger partial charge in [-0.1, -0.05) is 38.3 Å². The maximum Gasteiger partial charge on any atom is 0.363 e. The van der Waals surface area contributed by atoms with E-state index in [-0.39, 0.29) is 5.70 Å². The summed E-state index contributed by atoms with van der Waals surface area (Å²) >= 11 is 0. The second-order valence-corrected chi connectivity index (χ2v) is 7.45. The van der Waals surface area contributed by atoms with Crippen LogP contribution in [0.2, 0.25) is 0 Å². The first-order valence-electron chi connectivity index (χ1n) is 10.4. The third kappa shape index (κ3) is 5.29. The summed E-state index contributed by atoms with van der Waals surface area (Å²) in [5.41, 5.74) is 4.15. The molecule has 0 atom stereocenters. The Morgan fingerprint density at radius 1 is 1.00 bits per heavy atom. The van der Waals surface area contributed by atoms with Gasteiger partial charge in [0, 0.05) is 5.56 Å². The summed E-state index contributed by atoms with van der Waals surface area (Å²) in [5, 5.41) is 0. The molecule has 1 aliphatic rings. The summed E-state index contributed by atoms with van der Waals surface area (Å²) in [6.45, 7) is 6.91. The third-order valence-corrected chi connectivity index (χ3v) is 5.12. The van der Waals surface area contributed by atoms with Crippen molar-refractivity contribution in [2.75, 3.05) is 13.7 Å². The van der Waals surface area contributed by atoms with Gasteiger partial charge in [0.05, 0.1) is 13.7 Å². The number of aliphatic imine (C=N–C) groups is 1. The van der Waals surface area contributed by atoms with E-state index in [1.807, 2.05) is 50.2 Å². The van der Waals surface area contributed by atoms with E-state index in [9.17, 15) is 4.79 Å². The SMILES string of the molecule is CCCCCCOc1ccc(/C=C2\N=C(c3ccc(C)c(C)c3)OC2=O)cc1OC. The van der Waals surface area contributed by atoms with Crippen molar-refractivity contribution in [2.24, 2.45) is 4.99 Å². The van der Waals surface area contributed by atoms with E-state index in [2.05, 4.69) is 11.9 Å². The number of carbonyl (C=O) groups is 1. The summed E-state index contributed by atoms with van der Waals surface area (Å²) in [5.74, 6) is 1.20. The highest BCUT2D eigenvalue weighted by Crippen LogP contribution is 2.30. The second-order valence-electron chi connectivity index (χ2n) is 7.45. The molecule has 2 aromatic carbocycles. The number of rotatable bonds is 9. The summed E-state index contributed by atoms with van der Waals surface area (Å²) in [6.07, 6.45) is 6.29. The van der Waals surface area contributed by atoms with Crippen LogP contribution in [0.25, 0.3) is 6.08 Å². The largest absolute Gasteiger partial charge is 0.493 e. The zero-order chi connectivity index (χ0) is 21.5. The Balaban J connectivity index is 1.75. The van der Waals surface area contributed by atoms with Crippen LogP contribution < -0.4 is 9.47 Å². The molecule has 0 amide bonds. The first-order valence-corrected chi connectivity index (χ1v) is 10.4. The molecule has 0 saturated carbocycles. The molecule has 0 unspecified atom stereocenters. The van der Waals surface area contributed by atoms with Crippen molar-refractivity contribution in [3.05, 3.63) is 64.3 Å². The minimum atomic E-state index is -0.460. The Kier molecular flexibility index (Phi) is 7.28. The number of esters is 1. The molecule has 1 aliphatic heterocycles. The number of benzene rings is 2. The molecule has 0 spiro atoms. The Morgan fingerprint density at radius 3 is 2.57 bits per heavy atom. The van der Waals surface area contributed by atoms with Gasteiger partial charge in [0.25, 0.3) is 0 Å². The molecule has 0 N–H and O–H groups in total. The minimum Gasteiger partial charge on any atom is -0.493 e. The predicted octanol–water partition coefficient (Wildman–Crippen LogP) is 5.62. The van der Waals surface area contributed by atoms with E-state index >= 15 is 0 Å². The Labute approximate surface area is 178 Å². The standard InChI is InChI=1S/C25H29NO4/c1-5-6-7-8-13-29-22-12-10-19(16-23(22)28-4)15-21-25(27)30-24(26-21)20-11-9-17(2)18(3)14-20/h9-12,14-16H,5-8,13H2,1-4H3/b21-15-. The van der Waals surface area contributed by atoms with E-state index in [1.165, 1.54) is 18.4 Å². The summed E-state index contributed by atoms with van der Waals surface area (Å²) in [7, 11) is 1.61. The van der Waals surface area contributed by atoms with E-state index in [0.29, 0.717) is 24.0 Å². The molecule has 3 rings (SSSR count). The molecular weight excluding hydrogens is 378 g/mol. The van der Waals surface area contributed by atoms with Crippen molar-refractivity contribution < 1.29 is 19.0 Å². The number of hydrogen-bond acceptors (Lipinski definition) is 5. The smallest absolute Gasteiger partial charge is 0.363 e. The number of cyclic esters (lactones) is 1. The normalized spacial score (nSPS) is 14.6. The van der Waals surface area contributed by atoms with Gasteiger partial charge in [0.1, 0.15) is 0 Å². The van der Waals surface area contributed by atoms with Gasteiger partial charge in [-0.25, -0.2) is 9.79 Å². The molecule has 0 bridgehead atoms. The summed E-state index contributed by atoms with van der Waals surface area (Å²) < 4.78 is 16.7. The lowest BCUT2D eigenvalue weighted by Gasteiger charge is -2.11. The minimum absolute atomic E-state index is 0.263. The highest BCUT2D eigenvalue weighted by molar-refractivity contribution is 6.12. The predicted molar refractivity (Wildman–Crippen MR) is 119 cm³/mol. The zero-order valence-corrected chi connectivity index (χ0v) is 18.2. The summed E-state index contributed by atoms with van der Waals surface area (Å²) in [6, 6.07) is 11.5. The monoisotopic (exact) mass is 407 g/mol. The van der Waals surface area contributed by atoms with Gasteiger partial charge >= 0.3 is 5.97 Å². The van der Waals surface area contributed by atoms with Crippen molar-refractivity contribution >= 4 is 17.9 Å². The number of nitrogens with zero attached hydrogens (tertiary/aromatic N) is 1. The van der Waals surface area contributed by atoms with Crippen LogP contribution in [0.1, 0.15) is 54.9 Å². The maximum absolute atomic E-state index is 12.3. The Morgan fingerprint density at radius 2 is 1.83 bits per heavy atom. The molecule has 5 heteroatoms. The number of methoxy groups -OCH3 is 1. The first kappa shape index (κ1) is 21.6. The molecule has 0 aliphatic carbocycles. The van der Waals surface area contributed by atoms with Crippen molar-refractivity contribution in [3.63, 3.8) is 0 Å². The number of ether oxygens (including phenoxy) is 3. The van der Waals surface area contributed by atoms with Crippen LogP contribution in [0, 0.1) is 13.8 Å². The van der Waals surface area contributed by atoms with Crippen LogP contribution in [-0.2, 0) is 9.53 Å². The summed E-state index contributed by atoms with van der Waals surface area (Å²) in [4.78, 5) is 16.7. The lowest BCUT2D eigenvalue weighted by molar-refractivity contribution is -0.129. The fourth-order valence-electron chi connectivity index (χ4n) is 3.17. The second kappa shape index (κ2) is 10.1. The molecule has 0 saturated heterocycles. The average molecular weight is 408 g/mol. The molecule has 0 radical (unpaired) electrons. The Bertz CT molecular complexity index is 975. The molecule has 0 aromatic heterocycles. The highest BCUT2D eigenvalue weighted by atomic mass is 16.6. The number of hydrogen-bond donors (Lipinski definition) is 0. The number of aryl methyl sites for hydroxylation is 2. The van der Waals surface area contributed by atoms with Crippen LogP contribution in [0.15, 0.2) is 47.1 Å². The number of carbonyl (C=O) groups excluding carboxylic acids is 1. The van der Waals surface area contributed by atoms with Gasteiger partial charge in [-0.05, 0) is 67.3 Å². The van der Waals surface area contributed by atoms with Gasteiger partial charge in [-0.15, -0.1) is 0 Å². The fraction of sp³-hybridized carbons (Fsp3) is 0.360. The molecule has 5 nitrogen and oxygen atoms in total. The van der Waals surface area contributed by atoms with Crippen molar-refractivity contribution in [1.29, 1.82) is 0 Å². The molecule has 30 heavy (non-hydrogen) atoms. The molecular formula is C25H29NO4. The van der Waals surface area contributed by atoms with Gasteiger partial charge in [-0.3, -0.25) is 0 Å². The van der Waals surface area contributed by atoms with E-state index in [0.717, 1.165) is 29.5 Å². The lowest BCUT2D eigenvalue weighted by atomic mass is 10.1. The zero-order valence-electron chi connectivity index (χ0n) is 18.2. The molecule has 2 aromatic rings. The van der Waals surface area contributed by atoms with Gasteiger partial charge in [-0.2, -0.15) is 0 Å². The Hall–Kier alpha value is -3.08. The van der Waals surface area contributed by atoms with Gasteiger partial charge in [0.15, 0.2) is 17.2 Å². The van der Waals surface area contributed by atoms with Crippen molar-refractivity contribution in [3.8, 4) is 11.5 Å². The highest BCUT2D eigenvalue weighted by Gasteiger charge is 2.24. The average Bonchev–Trinajstić information content (AvgIpc) is 3.10. The van der Waals surface area contributed by atoms with E-state index in [4.69, 9.17) is 14.2 Å². The van der Waals surface area contributed by atoms with Crippen LogP contribution >= 0.6 is 0 Å². The van der Waals surface area contributed by atoms with Crippen molar-refractivity contribution in [1.82, 2.24) is 0 Å². The topological polar surface area (TPSA) is 57.1 Å². The number of unbranched alkanes of at least 4 members (excludes halogenated alkanes) is 3. The van der Waals surface area contributed by atoms with Crippen molar-refractivity contribution in [2.45, 2.75) is 46.5 Å². The van der Waals surface area contributed by atoms with Crippen LogP contribution in [0.5, 0.6) is 11.5 Å². The molecule has 1 heterocycles. The molecule has 0 fully saturated rings. The maximum atomic E-state index is 12.3. The molecule has 158 valence electrons. The third-order valence-electron chi connectivity index (χ3n) is 5.12. The van der Waals surface area contributed by atoms with Gasteiger partial charge < -0.3 is 14.2 Å². The van der Waals surface area contributed by atoms with E-state index in [1.54, 1.807) is 13.2 Å². The van der Waals surface area contributed by atoms with Crippen LogP contribution in [0.4, 0.5) is 0 Å². The van der Waals surface area contributed by atoms with Crippen LogP contribution in [0.3, 0.4) is 0 Å².